The number of aromatic nitrogens is 2. The van der Waals surface area contributed by atoms with Crippen LogP contribution in [-0.4, -0.2) is 27.1 Å². The maximum absolute atomic E-state index is 6.29. The molecule has 8 heteroatoms. The molecule has 0 radical (unpaired) electrons. The Kier molecular flexibility index (Phi) is 10.9. The van der Waals surface area contributed by atoms with E-state index in [0.29, 0.717) is 0 Å². The fourth-order valence-electron chi connectivity index (χ4n) is 15.2. The maximum Gasteiger partial charge on any atom is 0.495 e. The highest BCUT2D eigenvalue weighted by Crippen LogP contribution is 2.46. The highest BCUT2D eigenvalue weighted by molar-refractivity contribution is 9.10. The SMILES string of the molecule is Brc1ccc2c(c1)c1cccc3c4ccc5ccccc5c4n2c13.CC1(C)OB(c2cccc3c2ccc2oc4ccccc4c23)OC1(C)C.c1ccc2c(c1)ccc1c3cccc4c5cc(-c6cccc7c6ccc6oc8ccccc8c67)ccc5n(c21)c43. The topological polar surface area (TPSA) is 53.6 Å². The van der Waals surface area contributed by atoms with Gasteiger partial charge in [-0.15, -0.1) is 0 Å². The van der Waals surface area contributed by atoms with Crippen LogP contribution in [0.2, 0.25) is 0 Å². The van der Waals surface area contributed by atoms with Gasteiger partial charge in [0.25, 0.3) is 0 Å². The van der Waals surface area contributed by atoms with Crippen LogP contribution in [-0.2, 0) is 9.31 Å². The Bertz CT molecular complexity index is 6390. The van der Waals surface area contributed by atoms with E-state index in [4.69, 9.17) is 18.1 Å². The summed E-state index contributed by atoms with van der Waals surface area (Å²) >= 11 is 3.63. The molecule has 6 aromatic heterocycles. The van der Waals surface area contributed by atoms with E-state index in [2.05, 4.69) is 271 Å². The van der Waals surface area contributed by atoms with E-state index >= 15 is 0 Å². The molecule has 0 unspecified atom stereocenters. The summed E-state index contributed by atoms with van der Waals surface area (Å²) in [5, 5.41) is 25.1. The molecule has 0 saturated carbocycles. The van der Waals surface area contributed by atoms with Gasteiger partial charge in [-0.2, -0.15) is 0 Å². The largest absolute Gasteiger partial charge is 0.495 e. The van der Waals surface area contributed by atoms with Crippen molar-refractivity contribution in [2.24, 2.45) is 0 Å². The van der Waals surface area contributed by atoms with E-state index in [9.17, 15) is 0 Å². The minimum atomic E-state index is -0.376. The number of nitrogens with zero attached hydrogens (tertiary/aromatic N) is 2. The predicted molar refractivity (Wildman–Crippen MR) is 382 cm³/mol. The lowest BCUT2D eigenvalue weighted by atomic mass is 9.76. The highest BCUT2D eigenvalue weighted by Gasteiger charge is 2.52. The summed E-state index contributed by atoms with van der Waals surface area (Å²) in [4.78, 5) is 0. The van der Waals surface area contributed by atoms with E-state index in [-0.39, 0.29) is 18.3 Å². The second-order valence-electron chi connectivity index (χ2n) is 25.3. The monoisotopic (exact) mass is 1220 g/mol. The Labute approximate surface area is 524 Å². The fourth-order valence-corrected chi connectivity index (χ4v) is 15.6. The van der Waals surface area contributed by atoms with Crippen LogP contribution in [0.4, 0.5) is 0 Å². The normalized spacial score (nSPS) is 14.3. The second kappa shape index (κ2) is 18.9. The number of para-hydroxylation sites is 4. The average molecular weight is 1220 g/mol. The Morgan fingerprint density at radius 1 is 0.311 bits per heavy atom. The van der Waals surface area contributed by atoms with Gasteiger partial charge in [0.05, 0.1) is 44.3 Å². The quantitative estimate of drug-likeness (QED) is 0.162. The molecular weight excluding hydrogens is 1170 g/mol. The van der Waals surface area contributed by atoms with Crippen LogP contribution in [0.25, 0.3) is 174 Å². The van der Waals surface area contributed by atoms with Crippen LogP contribution in [0, 0.1) is 0 Å². The standard InChI is InChI=1S/C38H21NO.C22H21BO3.C22H12BrN/c1-2-8-25-22(7-1)15-17-30-28-12-6-13-29-32-21-23(16-19-33(32)39(37(25)30)38(28)29)24-10-5-11-27-26(24)18-20-35-36(27)31-9-3-4-14-34(31)40-35;1-21(2)22(3,4)26-23(25-21)17-10-7-9-15-14(17)12-13-19-20(15)16-8-5-6-11-18(16)24-19;23-14-9-11-20-19(12-14)17-7-3-6-16-18-10-8-13-4-1-2-5-15(13)21(18)24(20)22(16)17/h1-21H;5-13H,1-4H3;1-12H. The maximum atomic E-state index is 6.29. The molecule has 90 heavy (non-hydrogen) atoms. The first-order valence-corrected chi connectivity index (χ1v) is 31.7. The molecule has 1 saturated heterocycles. The van der Waals surface area contributed by atoms with Crippen LogP contribution < -0.4 is 5.46 Å². The molecule has 0 aliphatic carbocycles. The third-order valence-corrected chi connectivity index (χ3v) is 20.5. The lowest BCUT2D eigenvalue weighted by molar-refractivity contribution is 0.00578. The number of benzene rings is 14. The van der Waals surface area contributed by atoms with Gasteiger partial charge in [0.1, 0.15) is 22.3 Å². The van der Waals surface area contributed by atoms with Crippen molar-refractivity contribution in [1.29, 1.82) is 0 Å². The summed E-state index contributed by atoms with van der Waals surface area (Å²) in [5.41, 5.74) is 14.3. The van der Waals surface area contributed by atoms with Gasteiger partial charge in [0.15, 0.2) is 0 Å². The van der Waals surface area contributed by atoms with Crippen molar-refractivity contribution < 1.29 is 18.1 Å². The molecule has 7 heterocycles. The van der Waals surface area contributed by atoms with Gasteiger partial charge >= 0.3 is 7.12 Å². The number of halogens is 1. The Morgan fingerprint density at radius 2 is 0.722 bits per heavy atom. The van der Waals surface area contributed by atoms with Crippen molar-refractivity contribution in [3.8, 4) is 11.1 Å². The zero-order chi connectivity index (χ0) is 59.9. The number of rotatable bonds is 2. The van der Waals surface area contributed by atoms with Gasteiger partial charge < -0.3 is 26.9 Å². The Balaban J connectivity index is 0.000000102. The molecular formula is C82H54BBrN2O4. The van der Waals surface area contributed by atoms with Crippen LogP contribution in [0.1, 0.15) is 27.7 Å². The Morgan fingerprint density at radius 3 is 1.30 bits per heavy atom. The molecule has 0 spiro atoms. The average Bonchev–Trinajstić information content (AvgIpc) is 1.61. The number of fused-ring (bicyclic) bond motifs is 26. The molecule has 1 fully saturated rings. The van der Waals surface area contributed by atoms with Gasteiger partial charge in [-0.3, -0.25) is 0 Å². The van der Waals surface area contributed by atoms with Gasteiger partial charge in [-0.1, -0.05) is 216 Å². The molecule has 0 bridgehead atoms. The van der Waals surface area contributed by atoms with Crippen LogP contribution in [0.3, 0.4) is 0 Å². The Hall–Kier alpha value is -10.2. The molecule has 14 aromatic carbocycles. The van der Waals surface area contributed by atoms with Crippen molar-refractivity contribution in [1.82, 2.24) is 8.80 Å². The van der Waals surface area contributed by atoms with Crippen LogP contribution in [0.15, 0.2) is 268 Å². The van der Waals surface area contributed by atoms with Crippen molar-refractivity contribution in [2.75, 3.05) is 0 Å². The van der Waals surface area contributed by atoms with Crippen molar-refractivity contribution >= 4 is 192 Å². The fraction of sp³-hybridized carbons (Fsp3) is 0.0732. The summed E-state index contributed by atoms with van der Waals surface area (Å²) in [7, 11) is -0.376. The minimum Gasteiger partial charge on any atom is -0.456 e. The molecule has 0 atom stereocenters. The lowest BCUT2D eigenvalue weighted by Gasteiger charge is -2.32. The minimum absolute atomic E-state index is 0.355. The summed E-state index contributed by atoms with van der Waals surface area (Å²) in [5.74, 6) is 0. The smallest absolute Gasteiger partial charge is 0.456 e. The van der Waals surface area contributed by atoms with Gasteiger partial charge in [0.2, 0.25) is 0 Å². The van der Waals surface area contributed by atoms with Crippen LogP contribution >= 0.6 is 15.9 Å². The lowest BCUT2D eigenvalue weighted by Crippen LogP contribution is -2.41. The first kappa shape index (κ1) is 51.8. The van der Waals surface area contributed by atoms with E-state index in [1.54, 1.807) is 0 Å². The van der Waals surface area contributed by atoms with Gasteiger partial charge in [-0.05, 0) is 131 Å². The number of hydrogen-bond donors (Lipinski definition) is 0. The van der Waals surface area contributed by atoms with Crippen molar-refractivity contribution in [3.05, 3.63) is 259 Å². The molecule has 20 aromatic rings. The summed E-state index contributed by atoms with van der Waals surface area (Å²) in [6, 6.07) is 91.4. The first-order chi connectivity index (χ1) is 44.0. The van der Waals surface area contributed by atoms with E-state index in [1.807, 2.05) is 36.4 Å². The third-order valence-electron chi connectivity index (χ3n) is 20.0. The van der Waals surface area contributed by atoms with Crippen molar-refractivity contribution in [2.45, 2.75) is 38.9 Å². The first-order valence-electron chi connectivity index (χ1n) is 30.9. The molecule has 0 amide bonds. The molecule has 6 nitrogen and oxygen atoms in total. The van der Waals surface area contributed by atoms with E-state index < -0.39 is 0 Å². The molecule has 1 aliphatic heterocycles. The zero-order valence-corrected chi connectivity index (χ0v) is 51.3. The van der Waals surface area contributed by atoms with Gasteiger partial charge in [-0.25, -0.2) is 0 Å². The molecule has 0 N–H and O–H groups in total. The van der Waals surface area contributed by atoms with Crippen molar-refractivity contribution in [3.63, 3.8) is 0 Å². The van der Waals surface area contributed by atoms with Crippen LogP contribution in [0.5, 0.6) is 0 Å². The molecule has 426 valence electrons. The number of hydrogen-bond acceptors (Lipinski definition) is 4. The predicted octanol–water partition coefficient (Wildman–Crippen LogP) is 22.5. The zero-order valence-electron chi connectivity index (χ0n) is 49.7. The highest BCUT2D eigenvalue weighted by atomic mass is 79.9. The second-order valence-corrected chi connectivity index (χ2v) is 26.3. The molecule has 1 aliphatic rings. The van der Waals surface area contributed by atoms with E-state index in [0.717, 1.165) is 48.4 Å². The number of furan rings is 2. The summed E-state index contributed by atoms with van der Waals surface area (Å²) < 4.78 is 30.9. The van der Waals surface area contributed by atoms with E-state index in [1.165, 1.54) is 136 Å². The van der Waals surface area contributed by atoms with Gasteiger partial charge in [0, 0.05) is 79.9 Å². The third kappa shape index (κ3) is 7.29. The molecule has 21 rings (SSSR count). The summed E-state index contributed by atoms with van der Waals surface area (Å²) in [6.45, 7) is 8.33. The summed E-state index contributed by atoms with van der Waals surface area (Å²) in [6.07, 6.45) is 0.